The second-order valence-electron chi connectivity index (χ2n) is 2.83. The van der Waals surface area contributed by atoms with Gasteiger partial charge in [-0.2, -0.15) is 5.10 Å². The number of nitrogens with zero attached hydrogens (tertiary/aromatic N) is 3. The first-order valence-electron chi connectivity index (χ1n) is 4.07. The first kappa shape index (κ1) is 9.79. The normalized spacial score (nSPS) is 10.3. The highest BCUT2D eigenvalue weighted by Gasteiger charge is 2.05. The van der Waals surface area contributed by atoms with E-state index in [1.54, 1.807) is 6.07 Å². The molecule has 1 aromatic carbocycles. The summed E-state index contributed by atoms with van der Waals surface area (Å²) in [5.41, 5.74) is 6.37. The first-order chi connectivity index (χ1) is 7.16. The van der Waals surface area contributed by atoms with E-state index in [2.05, 4.69) is 15.2 Å². The van der Waals surface area contributed by atoms with Gasteiger partial charge in [-0.05, 0) is 12.1 Å². The quantitative estimate of drug-likeness (QED) is 0.804. The van der Waals surface area contributed by atoms with Crippen LogP contribution in [0.3, 0.4) is 0 Å². The summed E-state index contributed by atoms with van der Waals surface area (Å²) in [5, 5.41) is 7.19. The smallest absolute Gasteiger partial charge is 0.240 e. The summed E-state index contributed by atoms with van der Waals surface area (Å²) in [4.78, 5) is 3.91. The molecule has 2 N–H and O–H groups in total. The Kier molecular flexibility index (Phi) is 2.47. The van der Waals surface area contributed by atoms with Gasteiger partial charge in [0.05, 0.1) is 16.9 Å². The summed E-state index contributed by atoms with van der Waals surface area (Å²) in [5.74, 6) is -0.464. The van der Waals surface area contributed by atoms with Crippen molar-refractivity contribution in [3.8, 4) is 11.3 Å². The van der Waals surface area contributed by atoms with Gasteiger partial charge in [0.1, 0.15) is 5.82 Å². The molecule has 0 atom stereocenters. The summed E-state index contributed by atoms with van der Waals surface area (Å²) in [6.07, 6.45) is 1.40. The van der Waals surface area contributed by atoms with Crippen molar-refractivity contribution in [2.75, 3.05) is 5.73 Å². The van der Waals surface area contributed by atoms with Crippen molar-refractivity contribution >= 4 is 17.5 Å². The second-order valence-corrected chi connectivity index (χ2v) is 3.24. The number of hydrogen-bond acceptors (Lipinski definition) is 4. The van der Waals surface area contributed by atoms with E-state index in [4.69, 9.17) is 17.3 Å². The minimum Gasteiger partial charge on any atom is -0.366 e. The maximum Gasteiger partial charge on any atom is 0.240 e. The molecule has 0 saturated carbocycles. The Morgan fingerprint density at radius 3 is 2.80 bits per heavy atom. The van der Waals surface area contributed by atoms with E-state index in [9.17, 15) is 4.39 Å². The Labute approximate surface area is 89.9 Å². The molecule has 0 aliphatic heterocycles. The number of nitrogens with two attached hydrogens (primary N) is 1. The van der Waals surface area contributed by atoms with Crippen molar-refractivity contribution in [1.29, 1.82) is 0 Å². The molecule has 4 nitrogen and oxygen atoms in total. The molecule has 2 rings (SSSR count). The number of hydrogen-bond donors (Lipinski definition) is 1. The molecule has 2 aromatic rings. The van der Waals surface area contributed by atoms with Crippen LogP contribution in [0.5, 0.6) is 0 Å². The number of aromatic nitrogens is 3. The molecule has 76 valence electrons. The van der Waals surface area contributed by atoms with Crippen LogP contribution < -0.4 is 5.73 Å². The van der Waals surface area contributed by atoms with Crippen LogP contribution in [-0.4, -0.2) is 15.2 Å². The largest absolute Gasteiger partial charge is 0.366 e. The third kappa shape index (κ3) is 2.02. The Morgan fingerprint density at radius 1 is 1.33 bits per heavy atom. The lowest BCUT2D eigenvalue weighted by molar-refractivity contribution is 0.628. The average Bonchev–Trinajstić information content (AvgIpc) is 2.22. The van der Waals surface area contributed by atoms with Crippen molar-refractivity contribution in [1.82, 2.24) is 15.2 Å². The summed E-state index contributed by atoms with van der Waals surface area (Å²) < 4.78 is 13.1. The van der Waals surface area contributed by atoms with E-state index in [-0.39, 0.29) is 11.0 Å². The fourth-order valence-electron chi connectivity index (χ4n) is 1.11. The third-order valence-corrected chi connectivity index (χ3v) is 2.10. The van der Waals surface area contributed by atoms with E-state index in [0.717, 1.165) is 0 Å². The highest BCUT2D eigenvalue weighted by Crippen LogP contribution is 2.22. The van der Waals surface area contributed by atoms with Gasteiger partial charge in [0.15, 0.2) is 0 Å². The molecule has 0 amide bonds. The standard InChI is InChI=1S/C9H6ClFN4/c10-6-2-1-5(3-7(6)11)8-4-13-15-9(12)14-8/h1-4H,(H2,12,14,15). The van der Waals surface area contributed by atoms with Crippen LogP contribution in [0.25, 0.3) is 11.3 Å². The van der Waals surface area contributed by atoms with E-state index < -0.39 is 5.82 Å². The molecule has 0 spiro atoms. The van der Waals surface area contributed by atoms with Crippen LogP contribution in [0, 0.1) is 5.82 Å². The maximum absolute atomic E-state index is 13.1. The molecule has 0 unspecified atom stereocenters. The van der Waals surface area contributed by atoms with Gasteiger partial charge in [-0.1, -0.05) is 17.7 Å². The highest BCUT2D eigenvalue weighted by molar-refractivity contribution is 6.30. The van der Waals surface area contributed by atoms with Crippen molar-refractivity contribution in [3.63, 3.8) is 0 Å². The lowest BCUT2D eigenvalue weighted by Gasteiger charge is -2.01. The molecule has 0 saturated heterocycles. The van der Waals surface area contributed by atoms with E-state index >= 15 is 0 Å². The zero-order valence-electron chi connectivity index (χ0n) is 7.48. The van der Waals surface area contributed by atoms with Gasteiger partial charge in [-0.3, -0.25) is 0 Å². The van der Waals surface area contributed by atoms with E-state index in [0.29, 0.717) is 11.3 Å². The molecular formula is C9H6ClFN4. The van der Waals surface area contributed by atoms with Crippen LogP contribution >= 0.6 is 11.6 Å². The number of benzene rings is 1. The predicted octanol–water partition coefficient (Wildman–Crippen LogP) is 1.91. The maximum atomic E-state index is 13.1. The molecule has 1 aromatic heterocycles. The van der Waals surface area contributed by atoms with Crippen LogP contribution in [-0.2, 0) is 0 Å². The third-order valence-electron chi connectivity index (χ3n) is 1.79. The fraction of sp³-hybridized carbons (Fsp3) is 0. The van der Waals surface area contributed by atoms with Gasteiger partial charge in [0.2, 0.25) is 5.95 Å². The molecule has 6 heteroatoms. The summed E-state index contributed by atoms with van der Waals surface area (Å²) in [6, 6.07) is 4.35. The Bertz CT molecular complexity index is 503. The number of rotatable bonds is 1. The molecule has 0 aliphatic rings. The van der Waals surface area contributed by atoms with Crippen LogP contribution in [0.1, 0.15) is 0 Å². The zero-order chi connectivity index (χ0) is 10.8. The Balaban J connectivity index is 2.50. The van der Waals surface area contributed by atoms with E-state index in [1.165, 1.54) is 18.3 Å². The van der Waals surface area contributed by atoms with Gasteiger partial charge < -0.3 is 5.73 Å². The van der Waals surface area contributed by atoms with Crippen LogP contribution in [0.4, 0.5) is 10.3 Å². The second kappa shape index (κ2) is 3.78. The minimum atomic E-state index is -0.508. The monoisotopic (exact) mass is 224 g/mol. The van der Waals surface area contributed by atoms with Crippen molar-refractivity contribution in [2.24, 2.45) is 0 Å². The topological polar surface area (TPSA) is 64.7 Å². The predicted molar refractivity (Wildman–Crippen MR) is 54.6 cm³/mol. The molecule has 0 aliphatic carbocycles. The number of halogens is 2. The van der Waals surface area contributed by atoms with Crippen molar-refractivity contribution < 1.29 is 4.39 Å². The van der Waals surface area contributed by atoms with Gasteiger partial charge in [-0.15, -0.1) is 5.10 Å². The van der Waals surface area contributed by atoms with Gasteiger partial charge in [-0.25, -0.2) is 9.37 Å². The van der Waals surface area contributed by atoms with Crippen molar-refractivity contribution in [2.45, 2.75) is 0 Å². The lowest BCUT2D eigenvalue weighted by atomic mass is 10.1. The molecular weight excluding hydrogens is 219 g/mol. The highest BCUT2D eigenvalue weighted by atomic mass is 35.5. The first-order valence-corrected chi connectivity index (χ1v) is 4.45. The molecule has 15 heavy (non-hydrogen) atoms. The fourth-order valence-corrected chi connectivity index (χ4v) is 1.23. The average molecular weight is 225 g/mol. The molecule has 0 radical (unpaired) electrons. The van der Waals surface area contributed by atoms with Gasteiger partial charge in [0.25, 0.3) is 0 Å². The van der Waals surface area contributed by atoms with Crippen LogP contribution in [0.2, 0.25) is 5.02 Å². The lowest BCUT2D eigenvalue weighted by Crippen LogP contribution is -1.98. The van der Waals surface area contributed by atoms with Crippen molar-refractivity contribution in [3.05, 3.63) is 35.2 Å². The number of anilines is 1. The summed E-state index contributed by atoms with van der Waals surface area (Å²) in [6.45, 7) is 0. The van der Waals surface area contributed by atoms with Gasteiger partial charge >= 0.3 is 0 Å². The van der Waals surface area contributed by atoms with Crippen LogP contribution in [0.15, 0.2) is 24.4 Å². The van der Waals surface area contributed by atoms with E-state index in [1.807, 2.05) is 0 Å². The minimum absolute atomic E-state index is 0.0443. The molecule has 0 bridgehead atoms. The molecule has 1 heterocycles. The van der Waals surface area contributed by atoms with Gasteiger partial charge in [0, 0.05) is 5.56 Å². The zero-order valence-corrected chi connectivity index (χ0v) is 8.24. The molecule has 0 fully saturated rings. The SMILES string of the molecule is Nc1nncc(-c2ccc(Cl)c(F)c2)n1. The summed E-state index contributed by atoms with van der Waals surface area (Å²) in [7, 11) is 0. The summed E-state index contributed by atoms with van der Waals surface area (Å²) >= 11 is 5.55. The Hall–Kier alpha value is -1.75. The Morgan fingerprint density at radius 2 is 2.13 bits per heavy atom. The number of nitrogen functional groups attached to an aromatic ring is 1.